The summed E-state index contributed by atoms with van der Waals surface area (Å²) in [5.41, 5.74) is 0.733. The maximum Gasteiger partial charge on any atom is 0.263 e. The van der Waals surface area contributed by atoms with Crippen molar-refractivity contribution in [2.45, 2.75) is 25.9 Å². The Labute approximate surface area is 143 Å². The molecule has 1 aliphatic heterocycles. The Balaban J connectivity index is 1.60. The van der Waals surface area contributed by atoms with E-state index < -0.39 is 6.10 Å². The highest BCUT2D eigenvalue weighted by Crippen LogP contribution is 2.31. The Hall–Kier alpha value is -1.28. The molecule has 7 heteroatoms. The molecule has 0 aliphatic carbocycles. The molecule has 124 valence electrons. The van der Waals surface area contributed by atoms with Gasteiger partial charge in [0.1, 0.15) is 9.88 Å². The summed E-state index contributed by atoms with van der Waals surface area (Å²) in [4.78, 5) is 18.5. The molecule has 0 radical (unpaired) electrons. The van der Waals surface area contributed by atoms with Crippen LogP contribution < -0.4 is 5.32 Å². The van der Waals surface area contributed by atoms with E-state index in [2.05, 4.69) is 10.3 Å². The van der Waals surface area contributed by atoms with Gasteiger partial charge in [-0.05, 0) is 37.1 Å². The fraction of sp³-hybridized carbons (Fsp3) is 0.500. The van der Waals surface area contributed by atoms with Crippen LogP contribution in [0.3, 0.4) is 0 Å². The van der Waals surface area contributed by atoms with E-state index in [1.54, 1.807) is 11.3 Å². The first-order valence-electron chi connectivity index (χ1n) is 7.70. The summed E-state index contributed by atoms with van der Waals surface area (Å²) in [7, 11) is 0. The van der Waals surface area contributed by atoms with Gasteiger partial charge in [-0.25, -0.2) is 4.98 Å². The lowest BCUT2D eigenvalue weighted by Gasteiger charge is -2.26. The quantitative estimate of drug-likeness (QED) is 0.868. The summed E-state index contributed by atoms with van der Waals surface area (Å²) in [6, 6.07) is 3.97. The SMILES string of the molecule is Cc1nc(-c2cccs2)sc1C(=O)NCC(O)C1CCOCC1. The molecule has 2 aromatic rings. The van der Waals surface area contributed by atoms with Gasteiger partial charge in [-0.2, -0.15) is 0 Å². The van der Waals surface area contributed by atoms with E-state index in [1.807, 2.05) is 24.4 Å². The van der Waals surface area contributed by atoms with Crippen LogP contribution in [0.15, 0.2) is 17.5 Å². The van der Waals surface area contributed by atoms with Crippen LogP contribution in [0, 0.1) is 12.8 Å². The van der Waals surface area contributed by atoms with Crippen molar-refractivity contribution in [1.29, 1.82) is 0 Å². The smallest absolute Gasteiger partial charge is 0.263 e. The first-order chi connectivity index (χ1) is 11.1. The lowest BCUT2D eigenvalue weighted by atomic mass is 9.94. The van der Waals surface area contributed by atoms with Crippen molar-refractivity contribution in [2.24, 2.45) is 5.92 Å². The zero-order chi connectivity index (χ0) is 16.2. The molecule has 0 bridgehead atoms. The summed E-state index contributed by atoms with van der Waals surface area (Å²) < 4.78 is 5.29. The van der Waals surface area contributed by atoms with Crippen LogP contribution in [-0.4, -0.2) is 41.9 Å². The molecule has 3 rings (SSSR count). The van der Waals surface area contributed by atoms with Gasteiger partial charge in [0.05, 0.1) is 16.7 Å². The monoisotopic (exact) mass is 352 g/mol. The number of carbonyl (C=O) groups is 1. The lowest BCUT2D eigenvalue weighted by Crippen LogP contribution is -2.38. The van der Waals surface area contributed by atoms with Gasteiger partial charge in [0.25, 0.3) is 5.91 Å². The number of aromatic nitrogens is 1. The molecule has 1 aliphatic rings. The lowest BCUT2D eigenvalue weighted by molar-refractivity contribution is 0.00874. The van der Waals surface area contributed by atoms with Crippen molar-refractivity contribution < 1.29 is 14.6 Å². The highest BCUT2D eigenvalue weighted by atomic mass is 32.1. The van der Waals surface area contributed by atoms with Crippen LogP contribution in [0.1, 0.15) is 28.2 Å². The van der Waals surface area contributed by atoms with E-state index in [1.165, 1.54) is 11.3 Å². The van der Waals surface area contributed by atoms with Gasteiger partial charge in [-0.1, -0.05) is 6.07 Å². The van der Waals surface area contributed by atoms with E-state index in [4.69, 9.17) is 4.74 Å². The second-order valence-corrected chi connectivity index (χ2v) is 7.58. The highest BCUT2D eigenvalue weighted by Gasteiger charge is 2.23. The fourth-order valence-electron chi connectivity index (χ4n) is 2.66. The molecular weight excluding hydrogens is 332 g/mol. The third-order valence-electron chi connectivity index (χ3n) is 4.02. The molecular formula is C16H20N2O3S2. The largest absolute Gasteiger partial charge is 0.391 e. The van der Waals surface area contributed by atoms with Crippen molar-refractivity contribution >= 4 is 28.6 Å². The standard InChI is InChI=1S/C16H20N2O3S2/c1-10-14(23-16(18-10)13-3-2-8-22-13)15(20)17-9-12(19)11-4-6-21-7-5-11/h2-3,8,11-12,19H,4-7,9H2,1H3,(H,17,20). The van der Waals surface area contributed by atoms with Crippen molar-refractivity contribution in [3.05, 3.63) is 28.1 Å². The van der Waals surface area contributed by atoms with Crippen LogP contribution in [0.2, 0.25) is 0 Å². The average molecular weight is 352 g/mol. The molecule has 1 saturated heterocycles. The van der Waals surface area contributed by atoms with E-state index in [0.717, 1.165) is 28.4 Å². The molecule has 2 aromatic heterocycles. The van der Waals surface area contributed by atoms with E-state index in [9.17, 15) is 9.90 Å². The van der Waals surface area contributed by atoms with Crippen molar-refractivity contribution in [3.63, 3.8) is 0 Å². The van der Waals surface area contributed by atoms with Gasteiger partial charge < -0.3 is 15.2 Å². The summed E-state index contributed by atoms with van der Waals surface area (Å²) in [6.07, 6.45) is 1.17. The van der Waals surface area contributed by atoms with Gasteiger partial charge in [-0.3, -0.25) is 4.79 Å². The van der Waals surface area contributed by atoms with Crippen LogP contribution in [-0.2, 0) is 4.74 Å². The maximum atomic E-state index is 12.4. The second-order valence-electron chi connectivity index (χ2n) is 5.64. The third-order valence-corrected chi connectivity index (χ3v) is 6.21. The molecule has 1 amide bonds. The molecule has 3 heterocycles. The van der Waals surface area contributed by atoms with Crippen LogP contribution in [0.4, 0.5) is 0 Å². The summed E-state index contributed by atoms with van der Waals surface area (Å²) >= 11 is 3.01. The van der Waals surface area contributed by atoms with Crippen LogP contribution in [0.5, 0.6) is 0 Å². The second kappa shape index (κ2) is 7.53. The number of nitrogens with one attached hydrogen (secondary N) is 1. The maximum absolute atomic E-state index is 12.4. The molecule has 2 N–H and O–H groups in total. The molecule has 0 spiro atoms. The van der Waals surface area contributed by atoms with Crippen molar-refractivity contribution in [1.82, 2.24) is 10.3 Å². The van der Waals surface area contributed by atoms with Gasteiger partial charge >= 0.3 is 0 Å². The summed E-state index contributed by atoms with van der Waals surface area (Å²) in [5.74, 6) is 0.0437. The summed E-state index contributed by atoms with van der Waals surface area (Å²) in [5, 5.41) is 15.9. The molecule has 1 unspecified atom stereocenters. The number of nitrogens with zero attached hydrogens (tertiary/aromatic N) is 1. The minimum absolute atomic E-state index is 0.158. The van der Waals surface area contributed by atoms with Crippen LogP contribution in [0.25, 0.3) is 9.88 Å². The molecule has 0 saturated carbocycles. The number of ether oxygens (including phenoxy) is 1. The Kier molecular flexibility index (Phi) is 5.42. The molecule has 1 fully saturated rings. The van der Waals surface area contributed by atoms with Gasteiger partial charge in [-0.15, -0.1) is 22.7 Å². The summed E-state index contributed by atoms with van der Waals surface area (Å²) in [6.45, 7) is 3.49. The fourth-order valence-corrected chi connectivity index (χ4v) is 4.44. The minimum atomic E-state index is -0.521. The normalized spacial score (nSPS) is 17.1. The number of aliphatic hydroxyl groups is 1. The van der Waals surface area contributed by atoms with Crippen molar-refractivity contribution in [2.75, 3.05) is 19.8 Å². The number of amides is 1. The average Bonchev–Trinajstić information content (AvgIpc) is 3.22. The minimum Gasteiger partial charge on any atom is -0.391 e. The third kappa shape index (κ3) is 3.98. The number of rotatable bonds is 5. The topological polar surface area (TPSA) is 71.5 Å². The van der Waals surface area contributed by atoms with Gasteiger partial charge in [0.2, 0.25) is 0 Å². The van der Waals surface area contributed by atoms with E-state index in [0.29, 0.717) is 18.1 Å². The number of aliphatic hydroxyl groups excluding tert-OH is 1. The van der Waals surface area contributed by atoms with E-state index in [-0.39, 0.29) is 18.4 Å². The number of hydrogen-bond donors (Lipinski definition) is 2. The predicted molar refractivity (Wildman–Crippen MR) is 92.0 cm³/mol. The number of carbonyl (C=O) groups excluding carboxylic acids is 1. The highest BCUT2D eigenvalue weighted by molar-refractivity contribution is 7.22. The first-order valence-corrected chi connectivity index (χ1v) is 9.40. The zero-order valence-corrected chi connectivity index (χ0v) is 14.6. The molecule has 0 aromatic carbocycles. The van der Waals surface area contributed by atoms with Gasteiger partial charge in [0, 0.05) is 19.8 Å². The van der Waals surface area contributed by atoms with Crippen LogP contribution >= 0.6 is 22.7 Å². The Morgan fingerprint density at radius 2 is 2.30 bits per heavy atom. The number of aryl methyl sites for hydroxylation is 1. The number of thiazole rings is 1. The predicted octanol–water partition coefficient (Wildman–Crippen LogP) is 2.70. The Morgan fingerprint density at radius 1 is 1.52 bits per heavy atom. The van der Waals surface area contributed by atoms with E-state index >= 15 is 0 Å². The molecule has 23 heavy (non-hydrogen) atoms. The van der Waals surface area contributed by atoms with Gasteiger partial charge in [0.15, 0.2) is 0 Å². The molecule has 1 atom stereocenters. The number of hydrogen-bond acceptors (Lipinski definition) is 6. The number of thiophene rings is 1. The molecule has 5 nitrogen and oxygen atoms in total. The van der Waals surface area contributed by atoms with Crippen molar-refractivity contribution in [3.8, 4) is 9.88 Å². The zero-order valence-electron chi connectivity index (χ0n) is 12.9. The Bertz CT molecular complexity index is 648. The Morgan fingerprint density at radius 3 is 3.00 bits per heavy atom. The first kappa shape index (κ1) is 16.6.